The Kier molecular flexibility index (Phi) is 7.31. The first kappa shape index (κ1) is 16.1. The van der Waals surface area contributed by atoms with Crippen LogP contribution in [0.4, 0.5) is 4.79 Å². The number of carbonyl (C=O) groups is 2. The van der Waals surface area contributed by atoms with Crippen LogP contribution in [0.15, 0.2) is 30.3 Å². The van der Waals surface area contributed by atoms with Gasteiger partial charge in [-0.1, -0.05) is 30.3 Å². The average Bonchev–Trinajstić information content (AvgIpc) is 2.42. The SMILES string of the molecule is COCCN(CCC(=O)NC(N)=O)Cc1ccccc1. The number of nitrogens with zero attached hydrogens (tertiary/aromatic N) is 1. The molecule has 110 valence electrons. The Balaban J connectivity index is 2.47. The molecule has 1 aromatic rings. The Labute approximate surface area is 118 Å². The van der Waals surface area contributed by atoms with Gasteiger partial charge in [0.15, 0.2) is 0 Å². The number of nitrogens with two attached hydrogens (primary N) is 1. The van der Waals surface area contributed by atoms with Crippen molar-refractivity contribution in [2.45, 2.75) is 13.0 Å². The number of hydrogen-bond acceptors (Lipinski definition) is 4. The smallest absolute Gasteiger partial charge is 0.318 e. The average molecular weight is 279 g/mol. The first-order valence-electron chi connectivity index (χ1n) is 6.46. The van der Waals surface area contributed by atoms with Crippen LogP contribution in [0.1, 0.15) is 12.0 Å². The predicted molar refractivity (Wildman–Crippen MR) is 75.9 cm³/mol. The first-order chi connectivity index (χ1) is 9.61. The highest BCUT2D eigenvalue weighted by Gasteiger charge is 2.10. The lowest BCUT2D eigenvalue weighted by molar-refractivity contribution is -0.120. The van der Waals surface area contributed by atoms with E-state index in [4.69, 9.17) is 10.5 Å². The molecule has 1 rings (SSSR count). The highest BCUT2D eigenvalue weighted by atomic mass is 16.5. The van der Waals surface area contributed by atoms with Crippen molar-refractivity contribution in [2.75, 3.05) is 26.8 Å². The number of carbonyl (C=O) groups excluding carboxylic acids is 2. The van der Waals surface area contributed by atoms with Crippen molar-refractivity contribution < 1.29 is 14.3 Å². The van der Waals surface area contributed by atoms with Crippen LogP contribution in [0.2, 0.25) is 0 Å². The molecule has 0 aromatic heterocycles. The van der Waals surface area contributed by atoms with Gasteiger partial charge in [-0.05, 0) is 5.56 Å². The predicted octanol–water partition coefficient (Wildman–Crippen LogP) is 0.720. The summed E-state index contributed by atoms with van der Waals surface area (Å²) < 4.78 is 5.07. The molecule has 0 fully saturated rings. The van der Waals surface area contributed by atoms with E-state index in [1.165, 1.54) is 5.56 Å². The van der Waals surface area contributed by atoms with Gasteiger partial charge in [0.25, 0.3) is 0 Å². The van der Waals surface area contributed by atoms with Gasteiger partial charge in [0.1, 0.15) is 0 Å². The number of hydrogen-bond donors (Lipinski definition) is 2. The van der Waals surface area contributed by atoms with Crippen LogP contribution in [-0.4, -0.2) is 43.6 Å². The van der Waals surface area contributed by atoms with Crippen LogP contribution in [0.5, 0.6) is 0 Å². The Bertz CT molecular complexity index is 423. The highest BCUT2D eigenvalue weighted by molar-refractivity contribution is 5.93. The fourth-order valence-electron chi connectivity index (χ4n) is 1.79. The van der Waals surface area contributed by atoms with E-state index < -0.39 is 6.03 Å². The maximum absolute atomic E-state index is 11.4. The summed E-state index contributed by atoms with van der Waals surface area (Å²) in [7, 11) is 1.64. The molecular formula is C14H21N3O3. The molecule has 0 aliphatic heterocycles. The molecule has 0 atom stereocenters. The van der Waals surface area contributed by atoms with E-state index in [0.29, 0.717) is 13.2 Å². The standard InChI is InChI=1S/C14H21N3O3/c1-20-10-9-17(8-7-13(18)16-14(15)19)11-12-5-3-2-4-6-12/h2-6H,7-11H2,1H3,(H3,15,16,18,19). The third-order valence-corrected chi connectivity index (χ3v) is 2.78. The van der Waals surface area contributed by atoms with Gasteiger partial charge < -0.3 is 10.5 Å². The number of ether oxygens (including phenoxy) is 1. The number of methoxy groups -OCH3 is 1. The summed E-state index contributed by atoms with van der Waals surface area (Å²) in [6.07, 6.45) is 0.222. The zero-order valence-corrected chi connectivity index (χ0v) is 11.7. The lowest BCUT2D eigenvalue weighted by atomic mass is 10.2. The second-order valence-corrected chi connectivity index (χ2v) is 4.42. The molecule has 3 N–H and O–H groups in total. The summed E-state index contributed by atoms with van der Waals surface area (Å²) in [6, 6.07) is 9.16. The topological polar surface area (TPSA) is 84.7 Å². The van der Waals surface area contributed by atoms with Crippen LogP contribution in [0.3, 0.4) is 0 Å². The van der Waals surface area contributed by atoms with E-state index in [-0.39, 0.29) is 12.3 Å². The van der Waals surface area contributed by atoms with Gasteiger partial charge in [0.05, 0.1) is 6.61 Å². The van der Waals surface area contributed by atoms with E-state index in [1.807, 2.05) is 30.3 Å². The fraction of sp³-hybridized carbons (Fsp3) is 0.429. The molecule has 3 amide bonds. The van der Waals surface area contributed by atoms with Crippen LogP contribution in [0, 0.1) is 0 Å². The van der Waals surface area contributed by atoms with E-state index in [0.717, 1.165) is 13.1 Å². The molecule has 0 heterocycles. The molecule has 0 spiro atoms. The number of benzene rings is 1. The minimum absolute atomic E-state index is 0.222. The highest BCUT2D eigenvalue weighted by Crippen LogP contribution is 2.05. The number of nitrogens with one attached hydrogen (secondary N) is 1. The Hall–Kier alpha value is -1.92. The van der Waals surface area contributed by atoms with Crippen LogP contribution in [0.25, 0.3) is 0 Å². The van der Waals surface area contributed by atoms with Crippen molar-refractivity contribution in [1.29, 1.82) is 0 Å². The molecule has 0 bridgehead atoms. The van der Waals surface area contributed by atoms with Gasteiger partial charge >= 0.3 is 6.03 Å². The van der Waals surface area contributed by atoms with Gasteiger partial charge in [-0.3, -0.25) is 15.0 Å². The lowest BCUT2D eigenvalue weighted by Crippen LogP contribution is -2.37. The van der Waals surface area contributed by atoms with Crippen molar-refractivity contribution in [2.24, 2.45) is 5.73 Å². The Morgan fingerprint density at radius 2 is 1.95 bits per heavy atom. The lowest BCUT2D eigenvalue weighted by Gasteiger charge is -2.21. The van der Waals surface area contributed by atoms with Crippen molar-refractivity contribution in [1.82, 2.24) is 10.2 Å². The zero-order valence-electron chi connectivity index (χ0n) is 11.7. The van der Waals surface area contributed by atoms with Crippen LogP contribution < -0.4 is 11.1 Å². The van der Waals surface area contributed by atoms with Gasteiger partial charge in [-0.2, -0.15) is 0 Å². The van der Waals surface area contributed by atoms with E-state index in [1.54, 1.807) is 7.11 Å². The van der Waals surface area contributed by atoms with Crippen molar-refractivity contribution in [3.05, 3.63) is 35.9 Å². The van der Waals surface area contributed by atoms with Gasteiger partial charge in [0, 0.05) is 33.2 Å². The molecule has 1 aromatic carbocycles. The fourth-order valence-corrected chi connectivity index (χ4v) is 1.79. The molecule has 20 heavy (non-hydrogen) atoms. The second kappa shape index (κ2) is 9.06. The summed E-state index contributed by atoms with van der Waals surface area (Å²) in [5.74, 6) is -0.368. The maximum Gasteiger partial charge on any atom is 0.318 e. The molecule has 0 unspecified atom stereocenters. The summed E-state index contributed by atoms with van der Waals surface area (Å²) in [5.41, 5.74) is 6.06. The molecule has 0 aliphatic carbocycles. The summed E-state index contributed by atoms with van der Waals surface area (Å²) in [5, 5.41) is 2.06. The number of amides is 3. The van der Waals surface area contributed by atoms with Crippen LogP contribution >= 0.6 is 0 Å². The van der Waals surface area contributed by atoms with Crippen molar-refractivity contribution in [3.8, 4) is 0 Å². The normalized spacial score (nSPS) is 10.5. The molecule has 0 radical (unpaired) electrons. The quantitative estimate of drug-likeness (QED) is 0.734. The Morgan fingerprint density at radius 3 is 2.55 bits per heavy atom. The molecular weight excluding hydrogens is 258 g/mol. The summed E-state index contributed by atoms with van der Waals surface area (Å²) in [6.45, 7) is 2.57. The minimum atomic E-state index is -0.818. The first-order valence-corrected chi connectivity index (χ1v) is 6.46. The largest absolute Gasteiger partial charge is 0.383 e. The monoisotopic (exact) mass is 279 g/mol. The molecule has 6 heteroatoms. The molecule has 0 aliphatic rings. The zero-order chi connectivity index (χ0) is 14.8. The number of imide groups is 1. The number of rotatable bonds is 8. The third-order valence-electron chi connectivity index (χ3n) is 2.78. The van der Waals surface area contributed by atoms with E-state index in [2.05, 4.69) is 10.2 Å². The minimum Gasteiger partial charge on any atom is -0.383 e. The van der Waals surface area contributed by atoms with Crippen molar-refractivity contribution >= 4 is 11.9 Å². The van der Waals surface area contributed by atoms with Crippen LogP contribution in [-0.2, 0) is 16.1 Å². The summed E-state index contributed by atoms with van der Waals surface area (Å²) in [4.78, 5) is 24.1. The second-order valence-electron chi connectivity index (χ2n) is 4.42. The van der Waals surface area contributed by atoms with E-state index in [9.17, 15) is 9.59 Å². The molecule has 6 nitrogen and oxygen atoms in total. The summed E-state index contributed by atoms with van der Waals surface area (Å²) >= 11 is 0. The van der Waals surface area contributed by atoms with E-state index >= 15 is 0 Å². The van der Waals surface area contributed by atoms with Gasteiger partial charge in [0.2, 0.25) is 5.91 Å². The third kappa shape index (κ3) is 6.86. The Morgan fingerprint density at radius 1 is 1.25 bits per heavy atom. The van der Waals surface area contributed by atoms with Gasteiger partial charge in [-0.25, -0.2) is 4.79 Å². The molecule has 0 saturated heterocycles. The maximum atomic E-state index is 11.4. The number of primary amides is 1. The molecule has 0 saturated carbocycles. The van der Waals surface area contributed by atoms with Gasteiger partial charge in [-0.15, -0.1) is 0 Å². The number of urea groups is 1. The van der Waals surface area contributed by atoms with Crippen molar-refractivity contribution in [3.63, 3.8) is 0 Å².